The highest BCUT2D eigenvalue weighted by Gasteiger charge is 2.03. The minimum atomic E-state index is -0.273. The Hall–Kier alpha value is -2.09. The molecular weight excluding hydrogens is 260 g/mol. The Morgan fingerprint density at radius 3 is 2.33 bits per heavy atom. The molecule has 112 valence electrons. The Bertz CT molecular complexity index is 458. The van der Waals surface area contributed by atoms with E-state index in [9.17, 15) is 4.79 Å². The molecule has 0 aromatic heterocycles. The molecule has 0 N–H and O–H groups in total. The first-order valence-corrected chi connectivity index (χ1v) is 7.47. The SMILES string of the molecule is C=CCCC=CCCCC=CCOC(=O)c1ccccc1. The van der Waals surface area contributed by atoms with Crippen LogP contribution in [0.1, 0.15) is 42.5 Å². The summed E-state index contributed by atoms with van der Waals surface area (Å²) in [6.45, 7) is 4.03. The van der Waals surface area contributed by atoms with Crippen molar-refractivity contribution in [2.75, 3.05) is 6.61 Å². The zero-order chi connectivity index (χ0) is 15.2. The number of benzene rings is 1. The largest absolute Gasteiger partial charge is 0.458 e. The minimum Gasteiger partial charge on any atom is -0.458 e. The first kappa shape index (κ1) is 17.0. The lowest BCUT2D eigenvalue weighted by molar-refractivity contribution is 0.0549. The van der Waals surface area contributed by atoms with Crippen LogP contribution < -0.4 is 0 Å². The Kier molecular flexibility index (Phi) is 9.46. The highest BCUT2D eigenvalue weighted by Crippen LogP contribution is 2.02. The third kappa shape index (κ3) is 8.64. The highest BCUT2D eigenvalue weighted by atomic mass is 16.5. The van der Waals surface area contributed by atoms with Gasteiger partial charge in [-0.05, 0) is 44.2 Å². The first-order valence-electron chi connectivity index (χ1n) is 7.47. The van der Waals surface area contributed by atoms with Crippen molar-refractivity contribution in [3.05, 3.63) is 72.9 Å². The van der Waals surface area contributed by atoms with Gasteiger partial charge in [-0.3, -0.25) is 0 Å². The number of unbranched alkanes of at least 4 members (excludes halogenated alkanes) is 3. The number of ether oxygens (including phenoxy) is 1. The number of carbonyl (C=O) groups is 1. The van der Waals surface area contributed by atoms with Crippen molar-refractivity contribution in [1.29, 1.82) is 0 Å². The molecule has 1 rings (SSSR count). The van der Waals surface area contributed by atoms with Crippen LogP contribution >= 0.6 is 0 Å². The van der Waals surface area contributed by atoms with Crippen molar-refractivity contribution in [3.8, 4) is 0 Å². The van der Waals surface area contributed by atoms with E-state index in [1.54, 1.807) is 12.1 Å². The fraction of sp³-hybridized carbons (Fsp3) is 0.316. The van der Waals surface area contributed by atoms with Gasteiger partial charge in [-0.1, -0.05) is 48.6 Å². The Morgan fingerprint density at radius 2 is 1.62 bits per heavy atom. The van der Waals surface area contributed by atoms with Gasteiger partial charge in [0.05, 0.1) is 5.56 Å². The highest BCUT2D eigenvalue weighted by molar-refractivity contribution is 5.89. The van der Waals surface area contributed by atoms with E-state index < -0.39 is 0 Å². The molecule has 0 saturated carbocycles. The molecule has 0 radical (unpaired) electrons. The Balaban J connectivity index is 2.04. The molecule has 21 heavy (non-hydrogen) atoms. The molecule has 0 fully saturated rings. The van der Waals surface area contributed by atoms with Gasteiger partial charge < -0.3 is 4.74 Å². The van der Waals surface area contributed by atoms with Crippen LogP contribution in [-0.4, -0.2) is 12.6 Å². The number of hydrogen-bond acceptors (Lipinski definition) is 2. The van der Waals surface area contributed by atoms with Gasteiger partial charge in [-0.2, -0.15) is 0 Å². The van der Waals surface area contributed by atoms with Crippen molar-refractivity contribution in [3.63, 3.8) is 0 Å². The van der Waals surface area contributed by atoms with E-state index in [1.807, 2.05) is 30.4 Å². The molecule has 0 aliphatic carbocycles. The molecule has 2 nitrogen and oxygen atoms in total. The van der Waals surface area contributed by atoms with Crippen molar-refractivity contribution in [2.24, 2.45) is 0 Å². The van der Waals surface area contributed by atoms with Crippen molar-refractivity contribution in [1.82, 2.24) is 0 Å². The van der Waals surface area contributed by atoms with Crippen LogP contribution in [0.2, 0.25) is 0 Å². The summed E-state index contributed by atoms with van der Waals surface area (Å²) < 4.78 is 5.15. The molecule has 2 heteroatoms. The number of carbonyl (C=O) groups excluding carboxylic acids is 1. The predicted molar refractivity (Wildman–Crippen MR) is 88.3 cm³/mol. The third-order valence-electron chi connectivity index (χ3n) is 2.93. The second-order valence-electron chi connectivity index (χ2n) is 4.70. The van der Waals surface area contributed by atoms with Crippen LogP contribution in [0, 0.1) is 0 Å². The predicted octanol–water partition coefficient (Wildman–Crippen LogP) is 5.09. The quantitative estimate of drug-likeness (QED) is 0.340. The summed E-state index contributed by atoms with van der Waals surface area (Å²) in [5.41, 5.74) is 0.593. The summed E-state index contributed by atoms with van der Waals surface area (Å²) in [5.74, 6) is -0.273. The summed E-state index contributed by atoms with van der Waals surface area (Å²) in [6.07, 6.45) is 15.7. The maximum Gasteiger partial charge on any atom is 0.338 e. The summed E-state index contributed by atoms with van der Waals surface area (Å²) in [6, 6.07) is 9.04. The molecule has 0 atom stereocenters. The molecule has 0 aliphatic rings. The van der Waals surface area contributed by atoms with E-state index in [0.717, 1.165) is 32.1 Å². The molecule has 0 amide bonds. The number of esters is 1. The third-order valence-corrected chi connectivity index (χ3v) is 2.93. The second kappa shape index (κ2) is 11.7. The molecule has 0 aliphatic heterocycles. The normalized spacial score (nSPS) is 11.0. The molecular formula is C19H24O2. The van der Waals surface area contributed by atoms with E-state index in [2.05, 4.69) is 24.8 Å². The van der Waals surface area contributed by atoms with E-state index in [0.29, 0.717) is 12.2 Å². The molecule has 0 spiro atoms. The van der Waals surface area contributed by atoms with Gasteiger partial charge >= 0.3 is 5.97 Å². The maximum absolute atomic E-state index is 11.6. The summed E-state index contributed by atoms with van der Waals surface area (Å²) in [4.78, 5) is 11.6. The van der Waals surface area contributed by atoms with Gasteiger partial charge in [-0.15, -0.1) is 6.58 Å². The molecule has 0 bridgehead atoms. The number of hydrogen-bond donors (Lipinski definition) is 0. The van der Waals surface area contributed by atoms with Gasteiger partial charge in [0, 0.05) is 0 Å². The van der Waals surface area contributed by atoms with E-state index in [1.165, 1.54) is 0 Å². The van der Waals surface area contributed by atoms with Crippen LogP contribution in [0.4, 0.5) is 0 Å². The Labute approximate surface area is 127 Å². The lowest BCUT2D eigenvalue weighted by atomic mass is 10.2. The zero-order valence-corrected chi connectivity index (χ0v) is 12.5. The first-order chi connectivity index (χ1) is 10.3. The lowest BCUT2D eigenvalue weighted by Gasteiger charge is -2.00. The molecule has 0 saturated heterocycles. The van der Waals surface area contributed by atoms with Gasteiger partial charge in [0.1, 0.15) is 6.61 Å². The fourth-order valence-corrected chi connectivity index (χ4v) is 1.77. The molecule has 1 aromatic carbocycles. The van der Waals surface area contributed by atoms with E-state index in [-0.39, 0.29) is 5.97 Å². The minimum absolute atomic E-state index is 0.273. The van der Waals surface area contributed by atoms with Crippen LogP contribution in [0.5, 0.6) is 0 Å². The average Bonchev–Trinajstić information content (AvgIpc) is 2.53. The topological polar surface area (TPSA) is 26.3 Å². The van der Waals surface area contributed by atoms with Gasteiger partial charge in [0.2, 0.25) is 0 Å². The van der Waals surface area contributed by atoms with Crippen molar-refractivity contribution in [2.45, 2.75) is 32.1 Å². The molecule has 0 unspecified atom stereocenters. The van der Waals surface area contributed by atoms with Gasteiger partial charge in [0.15, 0.2) is 0 Å². The second-order valence-corrected chi connectivity index (χ2v) is 4.70. The van der Waals surface area contributed by atoms with E-state index >= 15 is 0 Å². The van der Waals surface area contributed by atoms with Crippen LogP contribution in [0.25, 0.3) is 0 Å². The van der Waals surface area contributed by atoms with Crippen LogP contribution in [-0.2, 0) is 4.74 Å². The van der Waals surface area contributed by atoms with E-state index in [4.69, 9.17) is 4.74 Å². The number of allylic oxidation sites excluding steroid dienone is 4. The zero-order valence-electron chi connectivity index (χ0n) is 12.5. The average molecular weight is 284 g/mol. The fourth-order valence-electron chi connectivity index (χ4n) is 1.77. The van der Waals surface area contributed by atoms with Crippen molar-refractivity contribution >= 4 is 5.97 Å². The van der Waals surface area contributed by atoms with Crippen LogP contribution in [0.3, 0.4) is 0 Å². The number of rotatable bonds is 10. The van der Waals surface area contributed by atoms with Crippen LogP contribution in [0.15, 0.2) is 67.3 Å². The monoisotopic (exact) mass is 284 g/mol. The Morgan fingerprint density at radius 1 is 0.952 bits per heavy atom. The summed E-state index contributed by atoms with van der Waals surface area (Å²) in [7, 11) is 0. The van der Waals surface area contributed by atoms with Crippen molar-refractivity contribution < 1.29 is 9.53 Å². The van der Waals surface area contributed by atoms with Gasteiger partial charge in [0.25, 0.3) is 0 Å². The summed E-state index contributed by atoms with van der Waals surface area (Å²) in [5, 5.41) is 0. The lowest BCUT2D eigenvalue weighted by Crippen LogP contribution is -2.04. The molecule has 0 heterocycles. The van der Waals surface area contributed by atoms with Gasteiger partial charge in [-0.25, -0.2) is 4.79 Å². The summed E-state index contributed by atoms with van der Waals surface area (Å²) >= 11 is 0. The smallest absolute Gasteiger partial charge is 0.338 e. The molecule has 1 aromatic rings. The maximum atomic E-state index is 11.6. The standard InChI is InChI=1S/C19H24O2/c1-2-3-4-5-6-7-8-9-10-14-17-21-19(20)18-15-12-11-13-16-18/h2,5-6,10-16H,1,3-4,7-9,17H2.